The predicted molar refractivity (Wildman–Crippen MR) is 105 cm³/mol. The van der Waals surface area contributed by atoms with Crippen LogP contribution in [0.2, 0.25) is 0 Å². The molecule has 0 unspecified atom stereocenters. The molecule has 0 radical (unpaired) electrons. The lowest BCUT2D eigenvalue weighted by atomic mass is 9.78. The van der Waals surface area contributed by atoms with Crippen molar-refractivity contribution in [2.45, 2.75) is 57.4 Å². The van der Waals surface area contributed by atoms with Crippen molar-refractivity contribution in [1.29, 1.82) is 0 Å². The number of esters is 1. The third-order valence-electron chi connectivity index (χ3n) is 5.02. The van der Waals surface area contributed by atoms with E-state index in [1.807, 2.05) is 12.1 Å². The maximum atomic E-state index is 13.0. The summed E-state index contributed by atoms with van der Waals surface area (Å²) in [5.74, 6) is 0.142. The largest absolute Gasteiger partial charge is 0.486 e. The van der Waals surface area contributed by atoms with Gasteiger partial charge >= 0.3 is 12.0 Å². The molecule has 0 bridgehead atoms. The molecule has 2 aliphatic rings. The molecule has 8 heteroatoms. The monoisotopic (exact) mass is 404 g/mol. The summed E-state index contributed by atoms with van der Waals surface area (Å²) in [6.45, 7) is 5.85. The van der Waals surface area contributed by atoms with Gasteiger partial charge in [-0.1, -0.05) is 18.9 Å². The molecule has 1 aromatic rings. The minimum atomic E-state index is -0.816. The summed E-state index contributed by atoms with van der Waals surface area (Å²) in [5, 5.41) is 4.79. The molecule has 3 rings (SSSR count). The summed E-state index contributed by atoms with van der Waals surface area (Å²) in [6, 6.07) is 4.87. The molecular weight excluding hydrogens is 376 g/mol. The van der Waals surface area contributed by atoms with E-state index in [-0.39, 0.29) is 0 Å². The van der Waals surface area contributed by atoms with Gasteiger partial charge in [-0.05, 0) is 51.3 Å². The van der Waals surface area contributed by atoms with Crippen LogP contribution in [0.5, 0.6) is 11.5 Å². The van der Waals surface area contributed by atoms with E-state index in [9.17, 15) is 14.4 Å². The van der Waals surface area contributed by atoms with Crippen molar-refractivity contribution in [3.8, 4) is 11.5 Å². The number of hydrogen-bond acceptors (Lipinski definition) is 6. The molecule has 3 amide bonds. The number of nitrogens with one attached hydrogen (secondary N) is 2. The third kappa shape index (κ3) is 4.99. The zero-order valence-electron chi connectivity index (χ0n) is 17.1. The fourth-order valence-corrected chi connectivity index (χ4v) is 3.73. The number of imide groups is 1. The second kappa shape index (κ2) is 8.31. The second-order valence-corrected chi connectivity index (χ2v) is 8.48. The molecule has 0 aromatic heterocycles. The van der Waals surface area contributed by atoms with E-state index in [1.165, 1.54) is 0 Å². The summed E-state index contributed by atoms with van der Waals surface area (Å²) in [7, 11) is 0. The van der Waals surface area contributed by atoms with Crippen molar-refractivity contribution in [2.24, 2.45) is 0 Å². The highest BCUT2D eigenvalue weighted by atomic mass is 16.6. The van der Waals surface area contributed by atoms with Crippen LogP contribution in [-0.2, 0) is 19.7 Å². The Balaban J connectivity index is 1.66. The van der Waals surface area contributed by atoms with Crippen molar-refractivity contribution in [2.75, 3.05) is 19.8 Å². The molecule has 29 heavy (non-hydrogen) atoms. The first-order valence-electron chi connectivity index (χ1n) is 9.89. The van der Waals surface area contributed by atoms with Gasteiger partial charge in [-0.25, -0.2) is 4.79 Å². The van der Waals surface area contributed by atoms with Crippen LogP contribution in [0, 0.1) is 0 Å². The van der Waals surface area contributed by atoms with Crippen LogP contribution in [0.15, 0.2) is 18.2 Å². The molecule has 1 aliphatic carbocycles. The smallest absolute Gasteiger partial charge is 0.321 e. The van der Waals surface area contributed by atoms with Gasteiger partial charge < -0.3 is 19.5 Å². The summed E-state index contributed by atoms with van der Waals surface area (Å²) in [5.41, 5.74) is -0.494. The number of benzene rings is 1. The topological polar surface area (TPSA) is 103 Å². The quantitative estimate of drug-likeness (QED) is 0.747. The Kier molecular flexibility index (Phi) is 6.00. The lowest BCUT2D eigenvalue weighted by Crippen LogP contribution is -2.49. The van der Waals surface area contributed by atoms with Gasteiger partial charge in [-0.2, -0.15) is 0 Å². The lowest BCUT2D eigenvalue weighted by Gasteiger charge is -2.28. The van der Waals surface area contributed by atoms with Crippen LogP contribution in [0.3, 0.4) is 0 Å². The van der Waals surface area contributed by atoms with Crippen molar-refractivity contribution in [3.63, 3.8) is 0 Å². The van der Waals surface area contributed by atoms with Crippen molar-refractivity contribution >= 4 is 17.9 Å². The summed E-state index contributed by atoms with van der Waals surface area (Å²) in [6.07, 6.45) is 3.06. The van der Waals surface area contributed by atoms with E-state index >= 15 is 0 Å². The SMILES string of the molecule is CC(C)(C)NC(=O)NC(=O)COC(=O)C1(c2ccc3c(c2)OCCO3)CCCC1. The Bertz CT molecular complexity index is 793. The highest BCUT2D eigenvalue weighted by Crippen LogP contribution is 2.45. The van der Waals surface area contributed by atoms with E-state index in [0.717, 1.165) is 18.4 Å². The van der Waals surface area contributed by atoms with Crippen LogP contribution in [0.4, 0.5) is 4.79 Å². The second-order valence-electron chi connectivity index (χ2n) is 8.48. The van der Waals surface area contributed by atoms with Crippen LogP contribution in [0.1, 0.15) is 52.0 Å². The number of urea groups is 1. The highest BCUT2D eigenvalue weighted by Gasteiger charge is 2.45. The Hall–Kier alpha value is -2.77. The molecular formula is C21H28N2O6. The Morgan fingerprint density at radius 3 is 2.38 bits per heavy atom. The molecule has 1 aliphatic heterocycles. The van der Waals surface area contributed by atoms with Crippen LogP contribution < -0.4 is 20.1 Å². The Morgan fingerprint density at radius 1 is 1.07 bits per heavy atom. The number of carbonyl (C=O) groups is 3. The molecule has 1 heterocycles. The zero-order chi connectivity index (χ0) is 21.1. The van der Waals surface area contributed by atoms with Gasteiger partial charge in [0.15, 0.2) is 18.1 Å². The first-order chi connectivity index (χ1) is 13.7. The van der Waals surface area contributed by atoms with Crippen molar-refractivity contribution in [3.05, 3.63) is 23.8 Å². The summed E-state index contributed by atoms with van der Waals surface area (Å²) >= 11 is 0. The Morgan fingerprint density at radius 2 is 1.72 bits per heavy atom. The molecule has 0 atom stereocenters. The average Bonchev–Trinajstić information content (AvgIpc) is 3.15. The van der Waals surface area contributed by atoms with Crippen LogP contribution in [0.25, 0.3) is 0 Å². The summed E-state index contributed by atoms with van der Waals surface area (Å²) < 4.78 is 16.5. The number of amides is 3. The Labute approximate surface area is 170 Å². The normalized spacial score (nSPS) is 17.3. The zero-order valence-corrected chi connectivity index (χ0v) is 17.1. The van der Waals surface area contributed by atoms with Gasteiger partial charge in [0.1, 0.15) is 13.2 Å². The fourth-order valence-electron chi connectivity index (χ4n) is 3.73. The minimum Gasteiger partial charge on any atom is -0.486 e. The van der Waals surface area contributed by atoms with Crippen LogP contribution >= 0.6 is 0 Å². The molecule has 0 spiro atoms. The molecule has 2 N–H and O–H groups in total. The predicted octanol–water partition coefficient (Wildman–Crippen LogP) is 2.44. The standard InChI is InChI=1S/C21H28N2O6/c1-20(2,3)23-19(26)22-17(24)13-29-18(25)21(8-4-5-9-21)14-6-7-15-16(12-14)28-11-10-27-15/h6-7,12H,4-5,8-11,13H2,1-3H3,(H2,22,23,24,26). The van der Waals surface area contributed by atoms with Crippen LogP contribution in [-0.4, -0.2) is 43.3 Å². The first-order valence-corrected chi connectivity index (χ1v) is 9.89. The van der Waals surface area contributed by atoms with Crippen molar-refractivity contribution in [1.82, 2.24) is 10.6 Å². The maximum Gasteiger partial charge on any atom is 0.321 e. The summed E-state index contributed by atoms with van der Waals surface area (Å²) in [4.78, 5) is 36.8. The van der Waals surface area contributed by atoms with Gasteiger partial charge in [0.2, 0.25) is 0 Å². The molecule has 8 nitrogen and oxygen atoms in total. The van der Waals surface area contributed by atoms with Crippen molar-refractivity contribution < 1.29 is 28.6 Å². The van der Waals surface area contributed by atoms with E-state index in [4.69, 9.17) is 14.2 Å². The first kappa shape index (κ1) is 21.0. The van der Waals surface area contributed by atoms with E-state index < -0.39 is 35.5 Å². The lowest BCUT2D eigenvalue weighted by molar-refractivity contribution is -0.154. The molecule has 1 fully saturated rings. The molecule has 1 saturated carbocycles. The van der Waals surface area contributed by atoms with Gasteiger partial charge in [-0.3, -0.25) is 14.9 Å². The molecule has 158 valence electrons. The average molecular weight is 404 g/mol. The van der Waals surface area contributed by atoms with Gasteiger partial charge in [0.05, 0.1) is 5.41 Å². The fraction of sp³-hybridized carbons (Fsp3) is 0.571. The van der Waals surface area contributed by atoms with Gasteiger partial charge in [-0.15, -0.1) is 0 Å². The minimum absolute atomic E-state index is 0.460. The molecule has 0 saturated heterocycles. The number of carbonyl (C=O) groups excluding carboxylic acids is 3. The van der Waals surface area contributed by atoms with E-state index in [1.54, 1.807) is 26.8 Å². The number of fused-ring (bicyclic) bond motifs is 1. The number of ether oxygens (including phenoxy) is 3. The van der Waals surface area contributed by atoms with Gasteiger partial charge in [0.25, 0.3) is 5.91 Å². The number of hydrogen-bond donors (Lipinski definition) is 2. The van der Waals surface area contributed by atoms with E-state index in [2.05, 4.69) is 10.6 Å². The molecule has 1 aromatic carbocycles. The van der Waals surface area contributed by atoms with E-state index in [0.29, 0.717) is 37.6 Å². The maximum absolute atomic E-state index is 13.0. The third-order valence-corrected chi connectivity index (χ3v) is 5.02. The highest BCUT2D eigenvalue weighted by molar-refractivity contribution is 5.96. The van der Waals surface area contributed by atoms with Gasteiger partial charge in [0, 0.05) is 5.54 Å². The number of rotatable bonds is 4.